The van der Waals surface area contributed by atoms with Gasteiger partial charge in [0.2, 0.25) is 10.0 Å². The number of hydrogen-bond donors (Lipinski definition) is 2. The lowest BCUT2D eigenvalue weighted by atomic mass is 10.2. The molecule has 86 valence electrons. The summed E-state index contributed by atoms with van der Waals surface area (Å²) < 4.78 is 25.1. The third-order valence-electron chi connectivity index (χ3n) is 3.27. The van der Waals surface area contributed by atoms with Crippen LogP contribution in [0.4, 0.5) is 0 Å². The molecule has 2 fully saturated rings. The average Bonchev–Trinajstić information content (AvgIpc) is 2.97. The third kappa shape index (κ3) is 1.88. The average molecular weight is 232 g/mol. The first kappa shape index (κ1) is 10.9. The summed E-state index contributed by atoms with van der Waals surface area (Å²) in [7, 11) is -3.44. The maximum absolute atomic E-state index is 11.6. The number of amides is 1. The number of carbonyl (C=O) groups excluding carboxylic acids is 1. The van der Waals surface area contributed by atoms with E-state index in [-0.39, 0.29) is 11.2 Å². The van der Waals surface area contributed by atoms with E-state index in [9.17, 15) is 13.2 Å². The largest absolute Gasteiger partial charge is 0.317 e. The van der Waals surface area contributed by atoms with Gasteiger partial charge in [0.15, 0.2) is 0 Å². The Labute approximate surface area is 89.5 Å². The predicted octanol–water partition coefficient (Wildman–Crippen LogP) is -0.278. The van der Waals surface area contributed by atoms with Gasteiger partial charge in [-0.25, -0.2) is 8.42 Å². The topological polar surface area (TPSA) is 89.3 Å². The highest BCUT2D eigenvalue weighted by Crippen LogP contribution is 2.43. The van der Waals surface area contributed by atoms with Gasteiger partial charge in [-0.15, -0.1) is 0 Å². The molecule has 2 aliphatic rings. The normalized spacial score (nSPS) is 34.9. The Hall–Kier alpha value is -0.620. The van der Waals surface area contributed by atoms with E-state index in [4.69, 9.17) is 5.73 Å². The zero-order valence-electron chi connectivity index (χ0n) is 8.69. The van der Waals surface area contributed by atoms with Gasteiger partial charge in [0.25, 0.3) is 5.91 Å². The molecule has 5 nitrogen and oxygen atoms in total. The summed E-state index contributed by atoms with van der Waals surface area (Å²) >= 11 is 0. The first-order chi connectivity index (χ1) is 6.90. The maximum atomic E-state index is 11.6. The van der Waals surface area contributed by atoms with Gasteiger partial charge >= 0.3 is 0 Å². The van der Waals surface area contributed by atoms with E-state index in [0.29, 0.717) is 19.3 Å². The smallest absolute Gasteiger partial charge is 0.253 e. The molecule has 0 heterocycles. The fourth-order valence-electron chi connectivity index (χ4n) is 1.82. The fourth-order valence-corrected chi connectivity index (χ4v) is 3.19. The van der Waals surface area contributed by atoms with E-state index in [1.165, 1.54) is 0 Å². The number of carbonyl (C=O) groups is 1. The third-order valence-corrected chi connectivity index (χ3v) is 5.09. The standard InChI is InChI=1S/C9H16N2O3S/c1-2-6-5-9(6,10)8(12)11-15(13,14)7-3-4-7/h6-7H,2-5,10H2,1H3,(H,11,12)/t6-,9+/m0/s1. The molecule has 0 aromatic carbocycles. The van der Waals surface area contributed by atoms with Crippen LogP contribution in [0.25, 0.3) is 0 Å². The van der Waals surface area contributed by atoms with Crippen LogP contribution in [0.15, 0.2) is 0 Å². The van der Waals surface area contributed by atoms with E-state index >= 15 is 0 Å². The second kappa shape index (κ2) is 3.18. The summed E-state index contributed by atoms with van der Waals surface area (Å²) in [5.41, 5.74) is 4.86. The highest BCUT2D eigenvalue weighted by atomic mass is 32.2. The second-order valence-electron chi connectivity index (χ2n) is 4.53. The lowest BCUT2D eigenvalue weighted by Gasteiger charge is -2.11. The van der Waals surface area contributed by atoms with Crippen molar-refractivity contribution in [1.29, 1.82) is 0 Å². The molecule has 0 bridgehead atoms. The molecule has 0 unspecified atom stereocenters. The van der Waals surface area contributed by atoms with Gasteiger partial charge in [0.1, 0.15) is 0 Å². The minimum atomic E-state index is -3.44. The van der Waals surface area contributed by atoms with Crippen molar-refractivity contribution in [3.8, 4) is 0 Å². The molecular formula is C9H16N2O3S. The van der Waals surface area contributed by atoms with E-state index in [1.54, 1.807) is 0 Å². The molecule has 0 aromatic heterocycles. The first-order valence-corrected chi connectivity index (χ1v) is 6.79. The number of hydrogen-bond acceptors (Lipinski definition) is 4. The second-order valence-corrected chi connectivity index (χ2v) is 6.49. The minimum Gasteiger partial charge on any atom is -0.317 e. The maximum Gasteiger partial charge on any atom is 0.253 e. The highest BCUT2D eigenvalue weighted by Gasteiger charge is 2.57. The van der Waals surface area contributed by atoms with Gasteiger partial charge in [-0.1, -0.05) is 13.3 Å². The number of rotatable bonds is 4. The molecule has 2 aliphatic carbocycles. The Morgan fingerprint density at radius 1 is 1.53 bits per heavy atom. The number of sulfonamides is 1. The Morgan fingerprint density at radius 3 is 2.53 bits per heavy atom. The monoisotopic (exact) mass is 232 g/mol. The van der Waals surface area contributed by atoms with Crippen LogP contribution in [-0.4, -0.2) is 25.1 Å². The summed E-state index contributed by atoms with van der Waals surface area (Å²) in [5.74, 6) is -0.395. The first-order valence-electron chi connectivity index (χ1n) is 5.25. The molecule has 0 radical (unpaired) electrons. The Balaban J connectivity index is 1.99. The van der Waals surface area contributed by atoms with Gasteiger partial charge in [-0.2, -0.15) is 0 Å². The molecule has 15 heavy (non-hydrogen) atoms. The Kier molecular flexibility index (Phi) is 2.31. The molecule has 3 N–H and O–H groups in total. The van der Waals surface area contributed by atoms with Crippen LogP contribution in [0.1, 0.15) is 32.6 Å². The lowest BCUT2D eigenvalue weighted by molar-refractivity contribution is -0.121. The summed E-state index contributed by atoms with van der Waals surface area (Å²) in [6, 6.07) is 0. The molecule has 0 saturated heterocycles. The van der Waals surface area contributed by atoms with E-state index in [0.717, 1.165) is 6.42 Å². The van der Waals surface area contributed by atoms with Crippen LogP contribution >= 0.6 is 0 Å². The molecule has 1 amide bonds. The summed E-state index contributed by atoms with van der Waals surface area (Å²) in [6.07, 6.45) is 2.71. The van der Waals surface area contributed by atoms with Gasteiger partial charge in [0, 0.05) is 0 Å². The molecule has 0 aromatic rings. The van der Waals surface area contributed by atoms with Gasteiger partial charge in [0.05, 0.1) is 10.8 Å². The highest BCUT2D eigenvalue weighted by molar-refractivity contribution is 7.90. The zero-order valence-corrected chi connectivity index (χ0v) is 9.51. The lowest BCUT2D eigenvalue weighted by Crippen LogP contribution is -2.47. The fraction of sp³-hybridized carbons (Fsp3) is 0.889. The minimum absolute atomic E-state index is 0.131. The molecule has 0 aliphatic heterocycles. The van der Waals surface area contributed by atoms with Crippen molar-refractivity contribution in [3.63, 3.8) is 0 Å². The summed E-state index contributed by atoms with van der Waals surface area (Å²) in [5, 5.41) is -0.371. The van der Waals surface area contributed by atoms with E-state index in [2.05, 4.69) is 4.72 Å². The molecule has 0 spiro atoms. The quantitative estimate of drug-likeness (QED) is 0.697. The van der Waals surface area contributed by atoms with Gasteiger partial charge in [-0.3, -0.25) is 9.52 Å². The van der Waals surface area contributed by atoms with Crippen LogP contribution in [0, 0.1) is 5.92 Å². The number of nitrogens with two attached hydrogens (primary N) is 1. The SMILES string of the molecule is CC[C@H]1C[C@]1(N)C(=O)NS(=O)(=O)C1CC1. The van der Waals surface area contributed by atoms with Crippen molar-refractivity contribution in [2.45, 2.75) is 43.4 Å². The molecule has 6 heteroatoms. The van der Waals surface area contributed by atoms with Crippen molar-refractivity contribution in [3.05, 3.63) is 0 Å². The van der Waals surface area contributed by atoms with Gasteiger partial charge < -0.3 is 5.73 Å². The van der Waals surface area contributed by atoms with Crippen LogP contribution in [-0.2, 0) is 14.8 Å². The Morgan fingerprint density at radius 2 is 2.13 bits per heavy atom. The predicted molar refractivity (Wildman–Crippen MR) is 55.4 cm³/mol. The molecule has 2 atom stereocenters. The molecular weight excluding hydrogens is 216 g/mol. The van der Waals surface area contributed by atoms with Gasteiger partial charge in [-0.05, 0) is 25.2 Å². The summed E-state index contributed by atoms with van der Waals surface area (Å²) in [4.78, 5) is 11.6. The molecule has 2 rings (SSSR count). The van der Waals surface area contributed by atoms with Crippen LogP contribution in [0.5, 0.6) is 0 Å². The van der Waals surface area contributed by atoms with Crippen LogP contribution in [0.2, 0.25) is 0 Å². The molecule has 2 saturated carbocycles. The van der Waals surface area contributed by atoms with Crippen molar-refractivity contribution in [2.24, 2.45) is 11.7 Å². The van der Waals surface area contributed by atoms with Crippen LogP contribution < -0.4 is 10.5 Å². The Bertz CT molecular complexity index is 388. The van der Waals surface area contributed by atoms with Crippen molar-refractivity contribution in [2.75, 3.05) is 0 Å². The van der Waals surface area contributed by atoms with E-state index < -0.39 is 21.5 Å². The van der Waals surface area contributed by atoms with Crippen molar-refractivity contribution >= 4 is 15.9 Å². The van der Waals surface area contributed by atoms with Crippen molar-refractivity contribution < 1.29 is 13.2 Å². The number of nitrogens with one attached hydrogen (secondary N) is 1. The van der Waals surface area contributed by atoms with E-state index in [1.807, 2.05) is 6.92 Å². The van der Waals surface area contributed by atoms with Crippen molar-refractivity contribution in [1.82, 2.24) is 4.72 Å². The van der Waals surface area contributed by atoms with Crippen LogP contribution in [0.3, 0.4) is 0 Å². The zero-order chi connectivity index (χ0) is 11.3. The summed E-state index contributed by atoms with van der Waals surface area (Å²) in [6.45, 7) is 1.95.